The Labute approximate surface area is 107 Å². The van der Waals surface area contributed by atoms with Gasteiger partial charge in [0.25, 0.3) is 0 Å². The van der Waals surface area contributed by atoms with E-state index >= 15 is 0 Å². The second-order valence-corrected chi connectivity index (χ2v) is 6.79. The fourth-order valence-corrected chi connectivity index (χ4v) is 2.56. The lowest BCUT2D eigenvalue weighted by molar-refractivity contribution is 0.592. The lowest BCUT2D eigenvalue weighted by Gasteiger charge is -2.05. The Morgan fingerprint density at radius 3 is 2.89 bits per heavy atom. The maximum Gasteiger partial charge on any atom is 0.151 e. The molecule has 1 heterocycles. The number of H-pyrrole nitrogens is 1. The highest BCUT2D eigenvalue weighted by Gasteiger charge is 2.06. The van der Waals surface area contributed by atoms with Gasteiger partial charge in [0.05, 0.1) is 5.75 Å². The van der Waals surface area contributed by atoms with Crippen molar-refractivity contribution in [1.29, 1.82) is 0 Å². The second kappa shape index (κ2) is 5.54. The van der Waals surface area contributed by atoms with Crippen molar-refractivity contribution in [2.24, 2.45) is 0 Å². The van der Waals surface area contributed by atoms with Gasteiger partial charge in [-0.3, -0.25) is 0 Å². The highest BCUT2D eigenvalue weighted by atomic mass is 32.2. The minimum absolute atomic E-state index is 0.204. The van der Waals surface area contributed by atoms with Crippen LogP contribution in [0.15, 0.2) is 30.5 Å². The Hall–Kier alpha value is -1.33. The first-order chi connectivity index (χ1) is 8.61. The van der Waals surface area contributed by atoms with Gasteiger partial charge in [0.2, 0.25) is 0 Å². The summed E-state index contributed by atoms with van der Waals surface area (Å²) in [7, 11) is -2.87. The van der Waals surface area contributed by atoms with Crippen molar-refractivity contribution in [3.05, 3.63) is 36.0 Å². The van der Waals surface area contributed by atoms with Crippen molar-refractivity contribution >= 4 is 20.7 Å². The summed E-state index contributed by atoms with van der Waals surface area (Å²) in [4.78, 5) is 3.14. The predicted molar refractivity (Wildman–Crippen MR) is 74.3 cm³/mol. The highest BCUT2D eigenvalue weighted by molar-refractivity contribution is 7.91. The number of fused-ring (bicyclic) bond motifs is 1. The van der Waals surface area contributed by atoms with E-state index in [-0.39, 0.29) is 11.5 Å². The third-order valence-electron chi connectivity index (χ3n) is 2.98. The average Bonchev–Trinajstić information content (AvgIpc) is 2.82. The molecule has 0 bridgehead atoms. The van der Waals surface area contributed by atoms with Crippen molar-refractivity contribution in [1.82, 2.24) is 10.3 Å². The largest absolute Gasteiger partial charge is 0.361 e. The number of hydrogen-bond donors (Lipinski definition) is 2. The normalized spacial score (nSPS) is 12.1. The van der Waals surface area contributed by atoms with Gasteiger partial charge in [-0.25, -0.2) is 8.42 Å². The standard InChI is InChI=1S/C13H18N2O2S/c1-2-18(16,17)8-7-14-10-11-3-4-13-12(9-11)5-6-15-13/h3-6,9,14-15H,2,7-8,10H2,1H3. The molecule has 0 saturated carbocycles. The average molecular weight is 266 g/mol. The number of aromatic amines is 1. The maximum absolute atomic E-state index is 11.3. The number of aromatic nitrogens is 1. The first kappa shape index (κ1) is 13.1. The molecular weight excluding hydrogens is 248 g/mol. The van der Waals surface area contributed by atoms with E-state index in [9.17, 15) is 8.42 Å². The van der Waals surface area contributed by atoms with Crippen LogP contribution in [0.5, 0.6) is 0 Å². The zero-order valence-corrected chi connectivity index (χ0v) is 11.3. The molecule has 18 heavy (non-hydrogen) atoms. The van der Waals surface area contributed by atoms with E-state index in [4.69, 9.17) is 0 Å². The van der Waals surface area contributed by atoms with Crippen LogP contribution in [0.25, 0.3) is 10.9 Å². The quantitative estimate of drug-likeness (QED) is 0.782. The summed E-state index contributed by atoms with van der Waals surface area (Å²) < 4.78 is 22.6. The van der Waals surface area contributed by atoms with Gasteiger partial charge in [0.15, 0.2) is 9.84 Å². The monoisotopic (exact) mass is 266 g/mol. The minimum atomic E-state index is -2.87. The molecule has 0 saturated heterocycles. The van der Waals surface area contributed by atoms with Crippen LogP contribution in [-0.4, -0.2) is 31.5 Å². The van der Waals surface area contributed by atoms with Gasteiger partial charge in [-0.05, 0) is 29.1 Å². The zero-order chi connectivity index (χ0) is 13.0. The number of sulfone groups is 1. The summed E-state index contributed by atoms with van der Waals surface area (Å²) in [6.45, 7) is 2.87. The van der Waals surface area contributed by atoms with Crippen LogP contribution in [0.1, 0.15) is 12.5 Å². The molecule has 0 aliphatic carbocycles. The van der Waals surface area contributed by atoms with E-state index in [0.29, 0.717) is 13.1 Å². The number of hydrogen-bond acceptors (Lipinski definition) is 3. The first-order valence-corrected chi connectivity index (χ1v) is 7.90. The molecule has 1 aromatic heterocycles. The molecule has 4 nitrogen and oxygen atoms in total. The first-order valence-electron chi connectivity index (χ1n) is 6.08. The smallest absolute Gasteiger partial charge is 0.151 e. The molecule has 0 aliphatic heterocycles. The van der Waals surface area contributed by atoms with E-state index in [1.54, 1.807) is 6.92 Å². The van der Waals surface area contributed by atoms with E-state index in [1.807, 2.05) is 24.4 Å². The summed E-state index contributed by atoms with van der Waals surface area (Å²) in [5.74, 6) is 0.417. The molecular formula is C13H18N2O2S. The Morgan fingerprint density at radius 1 is 1.28 bits per heavy atom. The van der Waals surface area contributed by atoms with Crippen LogP contribution in [-0.2, 0) is 16.4 Å². The molecule has 0 radical (unpaired) electrons. The molecule has 2 N–H and O–H groups in total. The Balaban J connectivity index is 1.86. The molecule has 0 fully saturated rings. The number of nitrogens with one attached hydrogen (secondary N) is 2. The van der Waals surface area contributed by atoms with Crippen LogP contribution in [0.4, 0.5) is 0 Å². The van der Waals surface area contributed by atoms with Crippen LogP contribution in [0.2, 0.25) is 0 Å². The summed E-state index contributed by atoms with van der Waals surface area (Å²) >= 11 is 0. The van der Waals surface area contributed by atoms with Gasteiger partial charge in [0, 0.05) is 30.6 Å². The van der Waals surface area contributed by atoms with E-state index in [2.05, 4.69) is 16.4 Å². The van der Waals surface area contributed by atoms with E-state index in [1.165, 1.54) is 5.39 Å². The highest BCUT2D eigenvalue weighted by Crippen LogP contribution is 2.13. The summed E-state index contributed by atoms with van der Waals surface area (Å²) in [5.41, 5.74) is 2.28. The van der Waals surface area contributed by atoms with Crippen molar-refractivity contribution in [2.45, 2.75) is 13.5 Å². The molecule has 2 aromatic rings. The molecule has 2 rings (SSSR count). The fourth-order valence-electron chi connectivity index (χ4n) is 1.82. The van der Waals surface area contributed by atoms with Gasteiger partial charge >= 0.3 is 0 Å². The van der Waals surface area contributed by atoms with Crippen LogP contribution in [0.3, 0.4) is 0 Å². The minimum Gasteiger partial charge on any atom is -0.361 e. The van der Waals surface area contributed by atoms with Gasteiger partial charge in [-0.1, -0.05) is 13.0 Å². The zero-order valence-electron chi connectivity index (χ0n) is 10.4. The van der Waals surface area contributed by atoms with Crippen LogP contribution >= 0.6 is 0 Å². The molecule has 1 aromatic carbocycles. The lowest BCUT2D eigenvalue weighted by atomic mass is 10.1. The third-order valence-corrected chi connectivity index (χ3v) is 4.68. The van der Waals surface area contributed by atoms with E-state index in [0.717, 1.165) is 11.1 Å². The fraction of sp³-hybridized carbons (Fsp3) is 0.385. The summed E-state index contributed by atoms with van der Waals surface area (Å²) in [5, 5.41) is 4.34. The molecule has 98 valence electrons. The van der Waals surface area contributed by atoms with Gasteiger partial charge in [-0.15, -0.1) is 0 Å². The topological polar surface area (TPSA) is 62.0 Å². The predicted octanol–water partition coefficient (Wildman–Crippen LogP) is 1.69. The van der Waals surface area contributed by atoms with Gasteiger partial charge in [0.1, 0.15) is 0 Å². The van der Waals surface area contributed by atoms with Crippen LogP contribution in [0, 0.1) is 0 Å². The van der Waals surface area contributed by atoms with Crippen molar-refractivity contribution in [2.75, 3.05) is 18.1 Å². The molecule has 5 heteroatoms. The molecule has 0 spiro atoms. The SMILES string of the molecule is CCS(=O)(=O)CCNCc1ccc2[nH]ccc2c1. The van der Waals surface area contributed by atoms with Gasteiger partial charge in [-0.2, -0.15) is 0 Å². The Kier molecular flexibility index (Phi) is 4.04. The van der Waals surface area contributed by atoms with Crippen molar-refractivity contribution < 1.29 is 8.42 Å². The van der Waals surface area contributed by atoms with Crippen LogP contribution < -0.4 is 5.32 Å². The lowest BCUT2D eigenvalue weighted by Crippen LogP contribution is -2.23. The molecule has 0 unspecified atom stereocenters. The third kappa shape index (κ3) is 3.34. The van der Waals surface area contributed by atoms with Gasteiger partial charge < -0.3 is 10.3 Å². The molecule has 0 atom stereocenters. The Bertz CT molecular complexity index is 617. The second-order valence-electron chi connectivity index (χ2n) is 4.31. The molecule has 0 amide bonds. The Morgan fingerprint density at radius 2 is 2.11 bits per heavy atom. The van der Waals surface area contributed by atoms with Crippen molar-refractivity contribution in [3.63, 3.8) is 0 Å². The number of rotatable bonds is 6. The van der Waals surface area contributed by atoms with Crippen molar-refractivity contribution in [3.8, 4) is 0 Å². The van der Waals surface area contributed by atoms with E-state index < -0.39 is 9.84 Å². The molecule has 0 aliphatic rings. The summed E-state index contributed by atoms with van der Waals surface area (Å²) in [6.07, 6.45) is 1.91. The number of benzene rings is 1. The summed E-state index contributed by atoms with van der Waals surface area (Å²) in [6, 6.07) is 8.21. The maximum atomic E-state index is 11.3.